The predicted octanol–water partition coefficient (Wildman–Crippen LogP) is -3.03. The number of carbonyl (C=O) groups is 1. The number of nitro groups is 1. The Morgan fingerprint density at radius 1 is 1.50 bits per heavy atom. The largest absolute Gasteiger partial charge is 1.00 e. The molecule has 0 bridgehead atoms. The Hall–Kier alpha value is -0.854. The Bertz CT molecular complexity index is 498. The summed E-state index contributed by atoms with van der Waals surface area (Å²) in [5.74, 6) is -3.01. The summed E-state index contributed by atoms with van der Waals surface area (Å²) in [5, 5.41) is 29.1. The SMILES string of the molecule is N#Cc1c(F)cc(C(=O)[O-])cc1[N+](=O)[O-].[K+]. The first-order valence-corrected chi connectivity index (χ1v) is 3.56. The zero-order valence-corrected chi connectivity index (χ0v) is 11.2. The molecule has 8 heteroatoms. The van der Waals surface area contributed by atoms with Crippen molar-refractivity contribution in [3.8, 4) is 6.07 Å². The number of nitrogens with zero attached hydrogens (tertiary/aromatic N) is 2. The van der Waals surface area contributed by atoms with Crippen LogP contribution in [-0.4, -0.2) is 10.9 Å². The molecule has 0 saturated heterocycles. The van der Waals surface area contributed by atoms with Crippen LogP contribution >= 0.6 is 0 Å². The average molecular weight is 248 g/mol. The smallest absolute Gasteiger partial charge is 0.545 e. The third-order valence-corrected chi connectivity index (χ3v) is 1.61. The summed E-state index contributed by atoms with van der Waals surface area (Å²) in [6.07, 6.45) is 0. The number of carboxylic acids is 1. The van der Waals surface area contributed by atoms with Crippen molar-refractivity contribution in [3.63, 3.8) is 0 Å². The van der Waals surface area contributed by atoms with Crippen LogP contribution in [0, 0.1) is 27.3 Å². The van der Waals surface area contributed by atoms with Gasteiger partial charge in [0.15, 0.2) is 5.56 Å². The van der Waals surface area contributed by atoms with E-state index in [0.29, 0.717) is 12.1 Å². The Balaban J connectivity index is 0.00000225. The minimum Gasteiger partial charge on any atom is -0.545 e. The van der Waals surface area contributed by atoms with E-state index < -0.39 is 33.5 Å². The van der Waals surface area contributed by atoms with E-state index in [-0.39, 0.29) is 51.4 Å². The molecule has 76 valence electrons. The maximum atomic E-state index is 13.0. The van der Waals surface area contributed by atoms with Gasteiger partial charge in [0.25, 0.3) is 5.69 Å². The van der Waals surface area contributed by atoms with Gasteiger partial charge in [-0.05, 0) is 6.07 Å². The average Bonchev–Trinajstić information content (AvgIpc) is 2.16. The van der Waals surface area contributed by atoms with Crippen LogP contribution in [0.3, 0.4) is 0 Å². The standard InChI is InChI=1S/C8H3FN2O4.K/c9-6-1-4(8(12)13)2-7(11(14)15)5(6)3-10;/h1-2H,(H,12,13);/q;+1/p-1. The van der Waals surface area contributed by atoms with Crippen molar-refractivity contribution in [2.75, 3.05) is 0 Å². The Morgan fingerprint density at radius 3 is 2.44 bits per heavy atom. The quantitative estimate of drug-likeness (QED) is 0.314. The summed E-state index contributed by atoms with van der Waals surface area (Å²) in [6, 6.07) is 2.36. The first kappa shape index (κ1) is 15.1. The molecule has 0 N–H and O–H groups in total. The molecule has 0 unspecified atom stereocenters. The Kier molecular flexibility index (Phi) is 5.70. The maximum absolute atomic E-state index is 13.0. The number of halogens is 1. The number of nitriles is 1. The van der Waals surface area contributed by atoms with Crippen molar-refractivity contribution in [2.45, 2.75) is 0 Å². The molecule has 1 aromatic rings. The molecule has 0 saturated carbocycles. The predicted molar refractivity (Wildman–Crippen MR) is 42.1 cm³/mol. The van der Waals surface area contributed by atoms with Crippen molar-refractivity contribution >= 4 is 11.7 Å². The van der Waals surface area contributed by atoms with Crippen LogP contribution < -0.4 is 56.5 Å². The molecule has 0 fully saturated rings. The second-order valence-electron chi connectivity index (χ2n) is 2.51. The van der Waals surface area contributed by atoms with Crippen LogP contribution in [0.1, 0.15) is 15.9 Å². The summed E-state index contributed by atoms with van der Waals surface area (Å²) in [4.78, 5) is 19.7. The molecular weight excluding hydrogens is 246 g/mol. The molecule has 1 rings (SSSR count). The van der Waals surface area contributed by atoms with Gasteiger partial charge in [0.05, 0.1) is 10.9 Å². The first-order valence-electron chi connectivity index (χ1n) is 3.56. The van der Waals surface area contributed by atoms with Crippen molar-refractivity contribution in [2.24, 2.45) is 0 Å². The van der Waals surface area contributed by atoms with E-state index in [0.717, 1.165) is 0 Å². The second-order valence-corrected chi connectivity index (χ2v) is 2.51. The number of carbonyl (C=O) groups excluding carboxylic acids is 1. The van der Waals surface area contributed by atoms with Gasteiger partial charge in [-0.2, -0.15) is 5.26 Å². The summed E-state index contributed by atoms with van der Waals surface area (Å²) < 4.78 is 13.0. The normalized spacial score (nSPS) is 8.75. The van der Waals surface area contributed by atoms with Crippen molar-refractivity contribution < 1.29 is 70.6 Å². The van der Waals surface area contributed by atoms with Crippen LogP contribution in [0.15, 0.2) is 12.1 Å². The number of benzene rings is 1. The molecule has 6 nitrogen and oxygen atoms in total. The van der Waals surface area contributed by atoms with Gasteiger partial charge in [-0.15, -0.1) is 0 Å². The topological polar surface area (TPSA) is 107 Å². The number of nitro benzene ring substituents is 1. The first-order chi connectivity index (χ1) is 6.97. The zero-order chi connectivity index (χ0) is 11.6. The fourth-order valence-corrected chi connectivity index (χ4v) is 0.965. The minimum atomic E-state index is -1.75. The van der Waals surface area contributed by atoms with E-state index in [1.807, 2.05) is 0 Å². The third kappa shape index (κ3) is 3.07. The van der Waals surface area contributed by atoms with Gasteiger partial charge in [-0.3, -0.25) is 10.1 Å². The molecule has 16 heavy (non-hydrogen) atoms. The maximum Gasteiger partial charge on any atom is 1.00 e. The van der Waals surface area contributed by atoms with Crippen LogP contribution in [-0.2, 0) is 0 Å². The van der Waals surface area contributed by atoms with Gasteiger partial charge in [0.1, 0.15) is 11.9 Å². The molecule has 0 amide bonds. The Labute approximate surface area is 131 Å². The van der Waals surface area contributed by atoms with Gasteiger partial charge in [0.2, 0.25) is 0 Å². The van der Waals surface area contributed by atoms with Crippen molar-refractivity contribution in [1.29, 1.82) is 5.26 Å². The van der Waals surface area contributed by atoms with Crippen LogP contribution in [0.25, 0.3) is 0 Å². The van der Waals surface area contributed by atoms with E-state index in [1.54, 1.807) is 0 Å². The fraction of sp³-hybridized carbons (Fsp3) is 0. The molecular formula is C8H2FKN2O4. The molecule has 0 heterocycles. The van der Waals surface area contributed by atoms with Gasteiger partial charge in [0, 0.05) is 11.6 Å². The molecule has 0 aliphatic carbocycles. The summed E-state index contributed by atoms with van der Waals surface area (Å²) in [7, 11) is 0. The van der Waals surface area contributed by atoms with Crippen molar-refractivity contribution in [1.82, 2.24) is 0 Å². The number of aromatic carboxylic acids is 1. The molecule has 0 spiro atoms. The summed E-state index contributed by atoms with van der Waals surface area (Å²) >= 11 is 0. The molecule has 1 aromatic carbocycles. The van der Waals surface area contributed by atoms with Gasteiger partial charge < -0.3 is 9.90 Å². The minimum absolute atomic E-state index is 0. The van der Waals surface area contributed by atoms with E-state index >= 15 is 0 Å². The number of carboxylic acid groups (broad SMARTS) is 1. The van der Waals surface area contributed by atoms with Gasteiger partial charge in [-0.1, -0.05) is 0 Å². The zero-order valence-electron chi connectivity index (χ0n) is 8.06. The van der Waals surface area contributed by atoms with E-state index in [4.69, 9.17) is 5.26 Å². The number of hydrogen-bond donors (Lipinski definition) is 0. The van der Waals surface area contributed by atoms with Crippen molar-refractivity contribution in [3.05, 3.63) is 39.2 Å². The molecule has 0 aliphatic rings. The summed E-state index contributed by atoms with van der Waals surface area (Å²) in [6.45, 7) is 0. The summed E-state index contributed by atoms with van der Waals surface area (Å²) in [5.41, 5.74) is -2.38. The third-order valence-electron chi connectivity index (χ3n) is 1.61. The fourth-order valence-electron chi connectivity index (χ4n) is 0.965. The monoisotopic (exact) mass is 248 g/mol. The molecule has 0 radical (unpaired) electrons. The van der Waals surface area contributed by atoms with Crippen LogP contribution in [0.2, 0.25) is 0 Å². The second kappa shape index (κ2) is 6.02. The number of hydrogen-bond acceptors (Lipinski definition) is 5. The molecule has 0 atom stereocenters. The van der Waals surface area contributed by atoms with Gasteiger partial charge in [-0.25, -0.2) is 4.39 Å². The van der Waals surface area contributed by atoms with Crippen LogP contribution in [0.4, 0.5) is 10.1 Å². The molecule has 0 aliphatic heterocycles. The number of rotatable bonds is 2. The van der Waals surface area contributed by atoms with Crippen LogP contribution in [0.5, 0.6) is 0 Å². The molecule has 0 aromatic heterocycles. The Morgan fingerprint density at radius 2 is 2.06 bits per heavy atom. The van der Waals surface area contributed by atoms with E-state index in [9.17, 15) is 24.4 Å². The van der Waals surface area contributed by atoms with E-state index in [2.05, 4.69) is 0 Å². The van der Waals surface area contributed by atoms with Gasteiger partial charge >= 0.3 is 51.4 Å². The van der Waals surface area contributed by atoms with E-state index in [1.165, 1.54) is 6.07 Å².